The van der Waals surface area contributed by atoms with Crippen molar-refractivity contribution in [2.45, 2.75) is 48.0 Å². The van der Waals surface area contributed by atoms with Gasteiger partial charge in [-0.25, -0.2) is 14.6 Å². The molecule has 0 N–H and O–H groups in total. The quantitative estimate of drug-likeness (QED) is 0.103. The third-order valence-electron chi connectivity index (χ3n) is 9.28. The molecule has 7 rings (SSSR count). The number of rotatable bonds is 9. The van der Waals surface area contributed by atoms with Gasteiger partial charge in [0.15, 0.2) is 0 Å². The Kier molecular flexibility index (Phi) is 13.8. The maximum atomic E-state index is 12.8. The van der Waals surface area contributed by atoms with E-state index in [1.54, 1.807) is 56.6 Å². The molecule has 2 aromatic carbocycles. The number of aromatic nitrogens is 5. The van der Waals surface area contributed by atoms with Gasteiger partial charge in [-0.3, -0.25) is 24.7 Å². The number of benzene rings is 2. The summed E-state index contributed by atoms with van der Waals surface area (Å²) in [6.07, 6.45) is 10.6. The molecule has 0 fully saturated rings. The summed E-state index contributed by atoms with van der Waals surface area (Å²) >= 11 is 0. The van der Waals surface area contributed by atoms with Gasteiger partial charge >= 0.3 is 11.3 Å². The molecule has 0 aliphatic carbocycles. The molecule has 58 heavy (non-hydrogen) atoms. The molecule has 0 amide bonds. The van der Waals surface area contributed by atoms with Crippen LogP contribution in [0.1, 0.15) is 53.5 Å². The number of para-hydroxylation sites is 1. The van der Waals surface area contributed by atoms with Crippen molar-refractivity contribution >= 4 is 35.0 Å². The average molecular weight is 772 g/mol. The van der Waals surface area contributed by atoms with E-state index < -0.39 is 11.3 Å². The fraction of sp³-hybridized carbons (Fsp3) is 0.167. The van der Waals surface area contributed by atoms with Gasteiger partial charge in [0.25, 0.3) is 0 Å². The number of nitrogens with zero attached hydrogens (tertiary/aromatic N) is 5. The molecule has 1 unspecified atom stereocenters. The van der Waals surface area contributed by atoms with E-state index in [0.29, 0.717) is 78.4 Å². The van der Waals surface area contributed by atoms with Gasteiger partial charge in [-0.2, -0.15) is 0 Å². The van der Waals surface area contributed by atoms with Crippen LogP contribution in [-0.4, -0.2) is 30.7 Å². The van der Waals surface area contributed by atoms with Crippen LogP contribution in [0.5, 0.6) is 0 Å². The molecule has 0 radical (unpaired) electrons. The monoisotopic (exact) mass is 771 g/mol. The zero-order chi connectivity index (χ0) is 41.9. The van der Waals surface area contributed by atoms with Crippen LogP contribution in [0.25, 0.3) is 85.6 Å². The second-order valence-electron chi connectivity index (χ2n) is 13.0. The van der Waals surface area contributed by atoms with E-state index in [4.69, 9.17) is 13.8 Å². The maximum absolute atomic E-state index is 12.8. The Bertz CT molecular complexity index is 2840. The van der Waals surface area contributed by atoms with Crippen LogP contribution < -0.4 is 21.9 Å². The Balaban J connectivity index is 0.000000645. The van der Waals surface area contributed by atoms with Crippen LogP contribution in [0.2, 0.25) is 0 Å². The van der Waals surface area contributed by atoms with Crippen LogP contribution in [0.3, 0.4) is 0 Å². The van der Waals surface area contributed by atoms with Gasteiger partial charge in [0, 0.05) is 22.1 Å². The normalized spacial score (nSPS) is 11.4. The first-order chi connectivity index (χ1) is 28.0. The summed E-state index contributed by atoms with van der Waals surface area (Å²) in [5, 5.41) is 1.41. The van der Waals surface area contributed by atoms with Gasteiger partial charge < -0.3 is 8.83 Å². The van der Waals surface area contributed by atoms with Gasteiger partial charge in [-0.05, 0) is 79.4 Å². The third kappa shape index (κ3) is 9.59. The summed E-state index contributed by atoms with van der Waals surface area (Å²) in [6.45, 7) is 23.4. The van der Waals surface area contributed by atoms with E-state index in [9.17, 15) is 14.4 Å². The highest BCUT2D eigenvalue weighted by molar-refractivity contribution is 5.81. The first kappa shape index (κ1) is 42.0. The van der Waals surface area contributed by atoms with Crippen molar-refractivity contribution in [1.29, 1.82) is 0 Å². The largest absolute Gasteiger partial charge is 0.423 e. The maximum Gasteiger partial charge on any atom is 0.345 e. The number of fused-ring (bicyclic) bond motifs is 1. The summed E-state index contributed by atoms with van der Waals surface area (Å²) in [5.41, 5.74) is 6.75. The van der Waals surface area contributed by atoms with Crippen LogP contribution in [0, 0.1) is 5.92 Å². The van der Waals surface area contributed by atoms with Crippen LogP contribution >= 0.6 is 0 Å². The topological polar surface area (TPSA) is 142 Å². The second-order valence-corrected chi connectivity index (χ2v) is 13.0. The van der Waals surface area contributed by atoms with Crippen LogP contribution in [-0.2, 0) is 4.79 Å². The summed E-state index contributed by atoms with van der Waals surface area (Å²) in [7, 11) is 0. The fourth-order valence-electron chi connectivity index (χ4n) is 5.65. The van der Waals surface area contributed by atoms with Crippen molar-refractivity contribution in [2.75, 3.05) is 0 Å². The van der Waals surface area contributed by atoms with E-state index in [0.717, 1.165) is 22.9 Å². The van der Waals surface area contributed by atoms with Crippen molar-refractivity contribution in [2.24, 2.45) is 5.92 Å². The lowest BCUT2D eigenvalue weighted by molar-refractivity contribution is -0.120. The molecule has 10 heteroatoms. The molecule has 5 heterocycles. The molecule has 5 aromatic heterocycles. The number of allylic oxidation sites excluding steroid dienone is 2. The minimum absolute atomic E-state index is 0.264. The van der Waals surface area contributed by atoms with Gasteiger partial charge in [0.05, 0.1) is 53.0 Å². The van der Waals surface area contributed by atoms with Crippen LogP contribution in [0.4, 0.5) is 0 Å². The molecule has 0 spiro atoms. The fourth-order valence-corrected chi connectivity index (χ4v) is 5.65. The zero-order valence-electron chi connectivity index (χ0n) is 33.6. The number of Topliss-reactive ketones (excluding diaryl/α,β-unsaturated/α-hetero) is 1. The minimum atomic E-state index is -0.493. The first-order valence-corrected chi connectivity index (χ1v) is 18.9. The van der Waals surface area contributed by atoms with Crippen molar-refractivity contribution in [3.63, 3.8) is 0 Å². The van der Waals surface area contributed by atoms with E-state index in [-0.39, 0.29) is 5.92 Å². The van der Waals surface area contributed by atoms with Gasteiger partial charge in [-0.15, -0.1) is 0 Å². The highest BCUT2D eigenvalue weighted by atomic mass is 16.4. The Hall–Kier alpha value is -7.20. The molecule has 0 bridgehead atoms. The lowest BCUT2D eigenvalue weighted by Crippen LogP contribution is -2.28. The van der Waals surface area contributed by atoms with Gasteiger partial charge in [0.2, 0.25) is 0 Å². The Labute approximate surface area is 336 Å². The molecular weight excluding hydrogens is 727 g/mol. The smallest absolute Gasteiger partial charge is 0.345 e. The number of hydrogen-bond donors (Lipinski definition) is 0. The molecule has 292 valence electrons. The van der Waals surface area contributed by atoms with Crippen molar-refractivity contribution in [1.82, 2.24) is 24.9 Å². The summed E-state index contributed by atoms with van der Waals surface area (Å²) in [5.74, 6) is 0.558. The van der Waals surface area contributed by atoms with E-state index in [1.165, 1.54) is 12.4 Å². The molecule has 0 saturated carbocycles. The SMILES string of the molecule is C=CC(=C)c1cc(-c2cccc(-c3cc(=C)/c(=C\C)oc3=O)c2)nc(-c2cnc(-c3cnc(-c4cc5ccccc5oc4=O)cn3)cn2)c1.CC.CCC(C)C(C)=O. The van der Waals surface area contributed by atoms with Crippen LogP contribution in [0.15, 0.2) is 135 Å². The third-order valence-corrected chi connectivity index (χ3v) is 9.28. The molecule has 10 nitrogen and oxygen atoms in total. The highest BCUT2D eigenvalue weighted by Gasteiger charge is 2.14. The molecule has 0 aliphatic heterocycles. The van der Waals surface area contributed by atoms with E-state index in [2.05, 4.69) is 39.7 Å². The Morgan fingerprint density at radius 2 is 1.33 bits per heavy atom. The minimum Gasteiger partial charge on any atom is -0.423 e. The van der Waals surface area contributed by atoms with E-state index in [1.807, 2.05) is 82.3 Å². The number of carbonyl (C=O) groups is 1. The molecule has 0 aliphatic rings. The highest BCUT2D eigenvalue weighted by Crippen LogP contribution is 2.30. The average Bonchev–Trinajstić information content (AvgIpc) is 3.27. The lowest BCUT2D eigenvalue weighted by atomic mass is 9.99. The second kappa shape index (κ2) is 19.1. The van der Waals surface area contributed by atoms with Gasteiger partial charge in [-0.1, -0.05) is 89.9 Å². The molecule has 7 aromatic rings. The number of carbonyl (C=O) groups excluding carboxylic acids is 1. The Morgan fingerprint density at radius 1 is 0.741 bits per heavy atom. The molecule has 0 saturated heterocycles. The number of ketones is 1. The lowest BCUT2D eigenvalue weighted by Gasteiger charge is -2.11. The number of pyridine rings is 1. The summed E-state index contributed by atoms with van der Waals surface area (Å²) in [6, 6.07) is 22.0. The van der Waals surface area contributed by atoms with Crippen molar-refractivity contribution < 1.29 is 13.6 Å². The zero-order valence-corrected chi connectivity index (χ0v) is 33.6. The predicted molar refractivity (Wildman–Crippen MR) is 233 cm³/mol. The summed E-state index contributed by atoms with van der Waals surface area (Å²) < 4.78 is 10.9. The first-order valence-electron chi connectivity index (χ1n) is 18.9. The molecular formula is C48H45N5O5. The van der Waals surface area contributed by atoms with Gasteiger partial charge in [0.1, 0.15) is 33.9 Å². The number of hydrogen-bond acceptors (Lipinski definition) is 10. The van der Waals surface area contributed by atoms with E-state index >= 15 is 0 Å². The Morgan fingerprint density at radius 3 is 1.91 bits per heavy atom. The summed E-state index contributed by atoms with van der Waals surface area (Å²) in [4.78, 5) is 58.8. The van der Waals surface area contributed by atoms with Crippen molar-refractivity contribution in [3.05, 3.63) is 154 Å². The van der Waals surface area contributed by atoms with Crippen molar-refractivity contribution in [3.8, 4) is 56.4 Å². The molecule has 1 atom stereocenters. The standard InChI is InChI=1S/C40H27N5O4.C6H12O.C2H6/c1-5-23(3)28-17-31(26-12-9-11-25(15-26)29-14-24(4)37(6-2)48-39(29)46)45-32(18-28)34-20-44-36(22-43-34)35-21-41-33(19-42-35)30-16-27-10-7-8-13-38(27)49-40(30)47;1-4-5(2)6(3)7;1-2/h5-22H,1,3-4H2,2H3;5H,4H2,1-3H3;1-2H3/b37-6+;;. The predicted octanol–water partition coefficient (Wildman–Crippen LogP) is 9.11.